The van der Waals surface area contributed by atoms with Crippen LogP contribution in [0.2, 0.25) is 5.02 Å². The lowest BCUT2D eigenvalue weighted by Gasteiger charge is -2.60. The average Bonchev–Trinajstić information content (AvgIpc) is 2.38. The Balaban J connectivity index is 1.61. The zero-order valence-electron chi connectivity index (χ0n) is 12.4. The van der Waals surface area contributed by atoms with Crippen molar-refractivity contribution in [3.8, 4) is 0 Å². The van der Waals surface area contributed by atoms with Crippen LogP contribution in [0.5, 0.6) is 0 Å². The van der Waals surface area contributed by atoms with E-state index in [9.17, 15) is 4.79 Å². The number of carbonyl (C=O) groups excluding carboxylic acids is 1. The van der Waals surface area contributed by atoms with Crippen LogP contribution >= 0.6 is 11.6 Å². The topological polar surface area (TPSA) is 42.0 Å². The highest BCUT2D eigenvalue weighted by atomic mass is 35.5. The van der Waals surface area contributed by atoms with Crippen LogP contribution in [0, 0.1) is 22.7 Å². The molecular weight excluding hydrogens is 284 g/mol. The monoisotopic (exact) mass is 304 g/mol. The quantitative estimate of drug-likeness (QED) is 0.886. The molecule has 0 radical (unpaired) electrons. The number of amides is 1. The predicted molar refractivity (Wildman–Crippen MR) is 83.1 cm³/mol. The van der Waals surface area contributed by atoms with Gasteiger partial charge in [-0.15, -0.1) is 0 Å². The Labute approximate surface area is 130 Å². The summed E-state index contributed by atoms with van der Waals surface area (Å²) in [5, 5.41) is 3.62. The highest BCUT2D eigenvalue weighted by Gasteiger charge is 2.58. The highest BCUT2D eigenvalue weighted by Crippen LogP contribution is 2.65. The first-order chi connectivity index (χ1) is 9.98. The molecule has 4 aliphatic rings. The first kappa shape index (κ1) is 13.6. The van der Waals surface area contributed by atoms with Gasteiger partial charge in [-0.3, -0.25) is 9.78 Å². The number of aromatic nitrogens is 1. The lowest BCUT2D eigenvalue weighted by Crippen LogP contribution is -2.55. The van der Waals surface area contributed by atoms with Crippen molar-refractivity contribution >= 4 is 23.2 Å². The van der Waals surface area contributed by atoms with Gasteiger partial charge in [-0.1, -0.05) is 18.5 Å². The molecule has 0 aromatic carbocycles. The molecule has 1 N–H and O–H groups in total. The standard InChI is InChI=1S/C17H21ClN2O/c1-16-5-11-4-12(6-16)8-17(7-11,10-16)15(21)20-14-9-19-3-2-13(14)18/h2-3,9,11-12H,4-8,10H2,1H3,(H,20,21). The van der Waals surface area contributed by atoms with Crippen LogP contribution < -0.4 is 5.32 Å². The largest absolute Gasteiger partial charge is 0.323 e. The fourth-order valence-electron chi connectivity index (χ4n) is 5.71. The van der Waals surface area contributed by atoms with E-state index in [0.29, 0.717) is 16.1 Å². The third-order valence-corrected chi connectivity index (χ3v) is 6.18. The summed E-state index contributed by atoms with van der Waals surface area (Å²) >= 11 is 6.15. The Hall–Kier alpha value is -1.09. The number of hydrogen-bond acceptors (Lipinski definition) is 2. The molecule has 2 atom stereocenters. The van der Waals surface area contributed by atoms with Crippen molar-refractivity contribution in [2.45, 2.75) is 45.4 Å². The molecule has 1 aromatic rings. The van der Waals surface area contributed by atoms with Crippen molar-refractivity contribution in [3.05, 3.63) is 23.5 Å². The van der Waals surface area contributed by atoms with E-state index in [1.54, 1.807) is 18.5 Å². The number of nitrogens with zero attached hydrogens (tertiary/aromatic N) is 1. The molecule has 112 valence electrons. The molecule has 4 fully saturated rings. The molecule has 0 aliphatic heterocycles. The minimum absolute atomic E-state index is 0.165. The van der Waals surface area contributed by atoms with Crippen molar-refractivity contribution < 1.29 is 4.79 Å². The molecule has 4 heteroatoms. The van der Waals surface area contributed by atoms with Crippen LogP contribution in [0.3, 0.4) is 0 Å². The number of hydrogen-bond donors (Lipinski definition) is 1. The van der Waals surface area contributed by atoms with Gasteiger partial charge in [-0.05, 0) is 61.8 Å². The number of rotatable bonds is 2. The SMILES string of the molecule is CC12CC3CC(C1)CC(C(=O)Nc1cnccc1Cl)(C3)C2. The van der Waals surface area contributed by atoms with Crippen molar-refractivity contribution in [1.29, 1.82) is 0 Å². The molecular formula is C17H21ClN2O. The van der Waals surface area contributed by atoms with Crippen molar-refractivity contribution in [2.75, 3.05) is 5.32 Å². The van der Waals surface area contributed by atoms with Gasteiger partial charge in [0.1, 0.15) is 0 Å². The Morgan fingerprint density at radius 1 is 1.33 bits per heavy atom. The van der Waals surface area contributed by atoms with E-state index < -0.39 is 0 Å². The average molecular weight is 305 g/mol. The molecule has 1 aromatic heterocycles. The van der Waals surface area contributed by atoms with Crippen LogP contribution in [0.1, 0.15) is 45.4 Å². The third-order valence-electron chi connectivity index (χ3n) is 5.85. The molecule has 3 nitrogen and oxygen atoms in total. The minimum atomic E-state index is -0.169. The summed E-state index contributed by atoms with van der Waals surface area (Å²) in [6, 6.07) is 1.72. The molecule has 1 heterocycles. The zero-order chi connectivity index (χ0) is 14.7. The summed E-state index contributed by atoms with van der Waals surface area (Å²) < 4.78 is 0. The number of carbonyl (C=O) groups is 1. The van der Waals surface area contributed by atoms with Gasteiger partial charge in [-0.2, -0.15) is 0 Å². The summed E-state index contributed by atoms with van der Waals surface area (Å²) in [4.78, 5) is 17.0. The van der Waals surface area contributed by atoms with E-state index in [4.69, 9.17) is 11.6 Å². The van der Waals surface area contributed by atoms with E-state index >= 15 is 0 Å². The fraction of sp³-hybridized carbons (Fsp3) is 0.647. The van der Waals surface area contributed by atoms with Gasteiger partial charge in [0.25, 0.3) is 0 Å². The smallest absolute Gasteiger partial charge is 0.230 e. The van der Waals surface area contributed by atoms with Crippen LogP contribution in [0.25, 0.3) is 0 Å². The van der Waals surface area contributed by atoms with Crippen molar-refractivity contribution in [1.82, 2.24) is 4.98 Å². The van der Waals surface area contributed by atoms with E-state index in [2.05, 4.69) is 17.2 Å². The number of pyridine rings is 1. The Bertz CT molecular complexity index is 586. The minimum Gasteiger partial charge on any atom is -0.323 e. The number of anilines is 1. The fourth-order valence-corrected chi connectivity index (χ4v) is 5.86. The van der Waals surface area contributed by atoms with Crippen LogP contribution in [0.4, 0.5) is 5.69 Å². The summed E-state index contributed by atoms with van der Waals surface area (Å²) in [6.07, 6.45) is 10.4. The number of nitrogens with one attached hydrogen (secondary N) is 1. The maximum absolute atomic E-state index is 13.0. The summed E-state index contributed by atoms with van der Waals surface area (Å²) in [6.45, 7) is 2.38. The predicted octanol–water partition coefficient (Wildman–Crippen LogP) is 4.28. The normalized spacial score (nSPS) is 40.3. The zero-order valence-corrected chi connectivity index (χ0v) is 13.1. The number of halogens is 1. The van der Waals surface area contributed by atoms with Gasteiger partial charge in [0.05, 0.1) is 22.3 Å². The van der Waals surface area contributed by atoms with E-state index in [1.807, 2.05) is 0 Å². The van der Waals surface area contributed by atoms with Gasteiger partial charge < -0.3 is 5.32 Å². The van der Waals surface area contributed by atoms with Gasteiger partial charge >= 0.3 is 0 Å². The van der Waals surface area contributed by atoms with Crippen LogP contribution in [0.15, 0.2) is 18.5 Å². The van der Waals surface area contributed by atoms with Crippen molar-refractivity contribution in [3.63, 3.8) is 0 Å². The van der Waals surface area contributed by atoms with E-state index in [1.165, 1.54) is 19.3 Å². The second kappa shape index (κ2) is 4.45. The molecule has 1 amide bonds. The Morgan fingerprint density at radius 2 is 2.05 bits per heavy atom. The third kappa shape index (κ3) is 2.17. The summed E-state index contributed by atoms with van der Waals surface area (Å²) in [5.41, 5.74) is 0.850. The molecule has 4 bridgehead atoms. The van der Waals surface area contributed by atoms with Crippen LogP contribution in [-0.2, 0) is 4.79 Å². The molecule has 0 spiro atoms. The van der Waals surface area contributed by atoms with E-state index in [-0.39, 0.29) is 11.3 Å². The molecule has 4 saturated carbocycles. The van der Waals surface area contributed by atoms with Crippen LogP contribution in [-0.4, -0.2) is 10.9 Å². The van der Waals surface area contributed by atoms with Crippen molar-refractivity contribution in [2.24, 2.45) is 22.7 Å². The summed E-state index contributed by atoms with van der Waals surface area (Å²) in [5.74, 6) is 1.65. The lowest BCUT2D eigenvalue weighted by molar-refractivity contribution is -0.149. The molecule has 21 heavy (non-hydrogen) atoms. The molecule has 0 saturated heterocycles. The van der Waals surface area contributed by atoms with Gasteiger partial charge in [0.2, 0.25) is 5.91 Å². The maximum atomic E-state index is 13.0. The molecule has 5 rings (SSSR count). The summed E-state index contributed by atoms with van der Waals surface area (Å²) in [7, 11) is 0. The van der Waals surface area contributed by atoms with Gasteiger partial charge in [-0.25, -0.2) is 0 Å². The highest BCUT2D eigenvalue weighted by molar-refractivity contribution is 6.33. The van der Waals surface area contributed by atoms with Gasteiger partial charge in [0.15, 0.2) is 0 Å². The Kier molecular flexibility index (Phi) is 2.88. The first-order valence-electron chi connectivity index (χ1n) is 7.89. The van der Waals surface area contributed by atoms with E-state index in [0.717, 1.165) is 31.1 Å². The first-order valence-corrected chi connectivity index (χ1v) is 8.27. The maximum Gasteiger partial charge on any atom is 0.230 e. The lowest BCUT2D eigenvalue weighted by atomic mass is 9.44. The second-order valence-electron chi connectivity index (χ2n) is 7.86. The molecule has 2 unspecified atom stereocenters. The Morgan fingerprint density at radius 3 is 2.67 bits per heavy atom. The second-order valence-corrected chi connectivity index (χ2v) is 8.27. The molecule has 4 aliphatic carbocycles. The van der Waals surface area contributed by atoms with Gasteiger partial charge in [0, 0.05) is 6.20 Å².